The van der Waals surface area contributed by atoms with E-state index in [1.54, 1.807) is 34.4 Å². The molecule has 0 bridgehead atoms. The Bertz CT molecular complexity index is 810. The zero-order chi connectivity index (χ0) is 17.6. The van der Waals surface area contributed by atoms with Crippen LogP contribution in [0.25, 0.3) is 0 Å². The van der Waals surface area contributed by atoms with E-state index in [0.717, 1.165) is 21.3 Å². The van der Waals surface area contributed by atoms with Crippen LogP contribution in [-0.4, -0.2) is 22.3 Å². The first-order valence-corrected chi connectivity index (χ1v) is 10.9. The fourth-order valence-corrected chi connectivity index (χ4v) is 4.91. The van der Waals surface area contributed by atoms with Gasteiger partial charge in [0.05, 0.1) is 6.54 Å². The molecule has 0 aliphatic heterocycles. The van der Waals surface area contributed by atoms with Gasteiger partial charge >= 0.3 is 0 Å². The molecule has 1 amide bonds. The van der Waals surface area contributed by atoms with E-state index in [0.29, 0.717) is 13.1 Å². The number of aromatic nitrogens is 1. The van der Waals surface area contributed by atoms with Crippen LogP contribution in [0.2, 0.25) is 0 Å². The van der Waals surface area contributed by atoms with E-state index in [4.69, 9.17) is 0 Å². The summed E-state index contributed by atoms with van der Waals surface area (Å²) in [5.41, 5.74) is 3.02. The predicted molar refractivity (Wildman–Crippen MR) is 108 cm³/mol. The molecule has 25 heavy (non-hydrogen) atoms. The van der Waals surface area contributed by atoms with Gasteiger partial charge in [-0.1, -0.05) is 30.0 Å². The second-order valence-electron chi connectivity index (χ2n) is 5.64. The number of amides is 1. The van der Waals surface area contributed by atoms with Gasteiger partial charge in [-0.15, -0.1) is 22.7 Å². The molecule has 1 aromatic carbocycles. The molecule has 0 unspecified atom stereocenters. The monoisotopic (exact) mass is 388 g/mol. The lowest BCUT2D eigenvalue weighted by Crippen LogP contribution is -2.29. The first-order chi connectivity index (χ1) is 12.2. The maximum Gasteiger partial charge on any atom is 0.254 e. The zero-order valence-corrected chi connectivity index (χ0v) is 16.7. The SMILES string of the molecule is CCN(Cc1cccs1)C(=O)c1ccc(CSc2nc(C)cs2)cc1. The van der Waals surface area contributed by atoms with Crippen LogP contribution in [0.4, 0.5) is 0 Å². The highest BCUT2D eigenvalue weighted by Crippen LogP contribution is 2.26. The van der Waals surface area contributed by atoms with Crippen molar-refractivity contribution in [3.05, 3.63) is 68.9 Å². The van der Waals surface area contributed by atoms with Gasteiger partial charge in [-0.05, 0) is 43.0 Å². The van der Waals surface area contributed by atoms with Crippen LogP contribution < -0.4 is 0 Å². The Hall–Kier alpha value is -1.63. The van der Waals surface area contributed by atoms with Gasteiger partial charge in [-0.2, -0.15) is 0 Å². The minimum atomic E-state index is 0.0886. The Kier molecular flexibility index (Phi) is 6.29. The highest BCUT2D eigenvalue weighted by atomic mass is 32.2. The van der Waals surface area contributed by atoms with Crippen LogP contribution in [0.15, 0.2) is 51.5 Å². The van der Waals surface area contributed by atoms with Crippen molar-refractivity contribution in [2.45, 2.75) is 30.5 Å². The summed E-state index contributed by atoms with van der Waals surface area (Å²) < 4.78 is 1.09. The standard InChI is InChI=1S/C19H20N2OS3/c1-3-21(11-17-5-4-10-23-17)18(22)16-8-6-15(7-9-16)13-25-19-20-14(2)12-24-19/h4-10,12H,3,11,13H2,1-2H3. The summed E-state index contributed by atoms with van der Waals surface area (Å²) in [4.78, 5) is 20.3. The number of rotatable bonds is 7. The third kappa shape index (κ3) is 4.93. The van der Waals surface area contributed by atoms with Crippen LogP contribution in [0.3, 0.4) is 0 Å². The van der Waals surface area contributed by atoms with Crippen molar-refractivity contribution in [3.8, 4) is 0 Å². The van der Waals surface area contributed by atoms with Gasteiger partial charge in [0.25, 0.3) is 5.91 Å². The summed E-state index contributed by atoms with van der Waals surface area (Å²) in [6.07, 6.45) is 0. The summed E-state index contributed by atoms with van der Waals surface area (Å²) in [5, 5.41) is 4.11. The van der Waals surface area contributed by atoms with E-state index >= 15 is 0 Å². The topological polar surface area (TPSA) is 33.2 Å². The molecule has 2 heterocycles. The van der Waals surface area contributed by atoms with Crippen molar-refractivity contribution >= 4 is 40.3 Å². The normalized spacial score (nSPS) is 10.8. The van der Waals surface area contributed by atoms with Gasteiger partial charge in [-0.25, -0.2) is 4.98 Å². The average Bonchev–Trinajstić information content (AvgIpc) is 3.29. The second kappa shape index (κ2) is 8.65. The smallest absolute Gasteiger partial charge is 0.254 e. The number of carbonyl (C=O) groups is 1. The fourth-order valence-electron chi connectivity index (χ4n) is 2.39. The molecule has 3 nitrogen and oxygen atoms in total. The van der Waals surface area contributed by atoms with Crippen molar-refractivity contribution in [3.63, 3.8) is 0 Å². The van der Waals surface area contributed by atoms with Crippen molar-refractivity contribution in [2.75, 3.05) is 6.54 Å². The van der Waals surface area contributed by atoms with Gasteiger partial charge < -0.3 is 4.90 Å². The van der Waals surface area contributed by atoms with Crippen LogP contribution >= 0.6 is 34.4 Å². The fraction of sp³-hybridized carbons (Fsp3) is 0.263. The lowest BCUT2D eigenvalue weighted by molar-refractivity contribution is 0.0754. The summed E-state index contributed by atoms with van der Waals surface area (Å²) in [7, 11) is 0. The molecule has 0 saturated heterocycles. The molecule has 6 heteroatoms. The molecule has 0 spiro atoms. The van der Waals surface area contributed by atoms with Gasteiger partial charge in [0.15, 0.2) is 0 Å². The van der Waals surface area contributed by atoms with Crippen molar-refractivity contribution in [2.24, 2.45) is 0 Å². The Morgan fingerprint density at radius 3 is 2.60 bits per heavy atom. The highest BCUT2D eigenvalue weighted by molar-refractivity contribution is 8.00. The first kappa shape index (κ1) is 18.2. The largest absolute Gasteiger partial charge is 0.334 e. The van der Waals surface area contributed by atoms with Crippen molar-refractivity contribution < 1.29 is 4.79 Å². The van der Waals surface area contributed by atoms with E-state index in [-0.39, 0.29) is 5.91 Å². The average molecular weight is 389 g/mol. The van der Waals surface area contributed by atoms with Gasteiger partial charge in [0.2, 0.25) is 0 Å². The molecule has 3 rings (SSSR count). The predicted octanol–water partition coefficient (Wildman–Crippen LogP) is 5.47. The number of thiazole rings is 1. The molecule has 0 atom stereocenters. The van der Waals surface area contributed by atoms with Crippen LogP contribution in [-0.2, 0) is 12.3 Å². The summed E-state index contributed by atoms with van der Waals surface area (Å²) in [6, 6.07) is 12.0. The van der Waals surface area contributed by atoms with E-state index in [1.165, 1.54) is 10.4 Å². The quantitative estimate of drug-likeness (QED) is 0.503. The molecule has 0 N–H and O–H groups in total. The van der Waals surface area contributed by atoms with Gasteiger partial charge in [0.1, 0.15) is 4.34 Å². The zero-order valence-electron chi connectivity index (χ0n) is 14.3. The number of thiophene rings is 1. The molecule has 0 saturated carbocycles. The molecule has 3 aromatic rings. The number of benzene rings is 1. The number of thioether (sulfide) groups is 1. The molecule has 2 aromatic heterocycles. The third-order valence-electron chi connectivity index (χ3n) is 3.76. The van der Waals surface area contributed by atoms with E-state index < -0.39 is 0 Å². The molecular weight excluding hydrogens is 368 g/mol. The molecule has 0 aliphatic carbocycles. The van der Waals surface area contributed by atoms with Crippen molar-refractivity contribution in [1.82, 2.24) is 9.88 Å². The lowest BCUT2D eigenvalue weighted by atomic mass is 10.1. The molecular formula is C19H20N2OS3. The van der Waals surface area contributed by atoms with Gasteiger partial charge in [-0.3, -0.25) is 4.79 Å². The van der Waals surface area contributed by atoms with Gasteiger partial charge in [0, 0.05) is 33.8 Å². The number of hydrogen-bond donors (Lipinski definition) is 0. The minimum Gasteiger partial charge on any atom is -0.334 e. The van der Waals surface area contributed by atoms with Crippen LogP contribution in [0.5, 0.6) is 0 Å². The highest BCUT2D eigenvalue weighted by Gasteiger charge is 2.15. The Labute approximate surface area is 160 Å². The number of hydrogen-bond acceptors (Lipinski definition) is 5. The maximum absolute atomic E-state index is 12.7. The third-order valence-corrected chi connectivity index (χ3v) is 6.83. The van der Waals surface area contributed by atoms with E-state index in [9.17, 15) is 4.79 Å². The summed E-state index contributed by atoms with van der Waals surface area (Å²) >= 11 is 5.10. The van der Waals surface area contributed by atoms with Crippen LogP contribution in [0.1, 0.15) is 33.4 Å². The van der Waals surface area contributed by atoms with Crippen LogP contribution in [0, 0.1) is 6.92 Å². The molecule has 0 fully saturated rings. The number of nitrogens with zero attached hydrogens (tertiary/aromatic N) is 2. The Morgan fingerprint density at radius 2 is 2.00 bits per heavy atom. The molecule has 0 radical (unpaired) electrons. The van der Waals surface area contributed by atoms with Crippen molar-refractivity contribution in [1.29, 1.82) is 0 Å². The lowest BCUT2D eigenvalue weighted by Gasteiger charge is -2.20. The number of carbonyl (C=O) groups excluding carboxylic acids is 1. The second-order valence-corrected chi connectivity index (χ2v) is 8.75. The minimum absolute atomic E-state index is 0.0886. The molecule has 0 aliphatic rings. The molecule has 130 valence electrons. The maximum atomic E-state index is 12.7. The Morgan fingerprint density at radius 1 is 1.20 bits per heavy atom. The van der Waals surface area contributed by atoms with E-state index in [2.05, 4.69) is 16.4 Å². The first-order valence-electron chi connectivity index (χ1n) is 8.11. The van der Waals surface area contributed by atoms with E-state index in [1.807, 2.05) is 54.5 Å². The number of aryl methyl sites for hydroxylation is 1. The summed E-state index contributed by atoms with van der Waals surface area (Å²) in [6.45, 7) is 5.41. The Balaban J connectivity index is 1.61. The summed E-state index contributed by atoms with van der Waals surface area (Å²) in [5.74, 6) is 0.958.